The van der Waals surface area contributed by atoms with Gasteiger partial charge in [0.25, 0.3) is 0 Å². The second-order valence-corrected chi connectivity index (χ2v) is 3.91. The Hall–Kier alpha value is -1.60. The minimum absolute atomic E-state index is 0.546. The summed E-state index contributed by atoms with van der Waals surface area (Å²) in [5.41, 5.74) is 0.561. The quantitative estimate of drug-likeness (QED) is 0.744. The van der Waals surface area contributed by atoms with Gasteiger partial charge < -0.3 is 10.1 Å². The summed E-state index contributed by atoms with van der Waals surface area (Å²) in [7, 11) is 0. The molecule has 0 saturated carbocycles. The Balaban J connectivity index is 2.30. The van der Waals surface area contributed by atoms with Crippen molar-refractivity contribution in [2.24, 2.45) is 5.92 Å². The highest BCUT2D eigenvalue weighted by atomic mass is 16.5. The molecule has 0 fully saturated rings. The number of rotatable bonds is 6. The van der Waals surface area contributed by atoms with Gasteiger partial charge >= 0.3 is 0 Å². The first-order valence-corrected chi connectivity index (χ1v) is 5.40. The lowest BCUT2D eigenvalue weighted by atomic mass is 10.2. The van der Waals surface area contributed by atoms with Gasteiger partial charge in [0.1, 0.15) is 11.9 Å². The van der Waals surface area contributed by atoms with E-state index in [1.165, 1.54) is 0 Å². The molecule has 86 valence electrons. The molecule has 0 atom stereocenters. The third-order valence-electron chi connectivity index (χ3n) is 1.92. The summed E-state index contributed by atoms with van der Waals surface area (Å²) in [6.45, 7) is 6.27. The molecule has 4 heteroatoms. The van der Waals surface area contributed by atoms with Crippen LogP contribution in [0, 0.1) is 17.2 Å². The largest absolute Gasteiger partial charge is 0.379 e. The lowest BCUT2D eigenvalue weighted by Gasteiger charge is -2.08. The van der Waals surface area contributed by atoms with Crippen molar-refractivity contribution in [1.82, 2.24) is 4.98 Å². The smallest absolute Gasteiger partial charge is 0.143 e. The van der Waals surface area contributed by atoms with Gasteiger partial charge in [-0.1, -0.05) is 13.8 Å². The van der Waals surface area contributed by atoms with E-state index < -0.39 is 0 Å². The van der Waals surface area contributed by atoms with Crippen LogP contribution in [0.1, 0.15) is 19.4 Å². The molecule has 4 nitrogen and oxygen atoms in total. The van der Waals surface area contributed by atoms with Gasteiger partial charge in [-0.25, -0.2) is 4.98 Å². The topological polar surface area (TPSA) is 57.9 Å². The van der Waals surface area contributed by atoms with Crippen molar-refractivity contribution in [1.29, 1.82) is 5.26 Å². The lowest BCUT2D eigenvalue weighted by molar-refractivity contribution is 0.118. The van der Waals surface area contributed by atoms with Gasteiger partial charge in [0.05, 0.1) is 12.2 Å². The van der Waals surface area contributed by atoms with E-state index in [9.17, 15) is 0 Å². The lowest BCUT2D eigenvalue weighted by Crippen LogP contribution is -2.13. The molecule has 0 radical (unpaired) electrons. The molecule has 1 aromatic heterocycles. The molecule has 0 bridgehead atoms. The highest BCUT2D eigenvalue weighted by Crippen LogP contribution is 2.08. The maximum Gasteiger partial charge on any atom is 0.143 e. The number of aromatic nitrogens is 1. The van der Waals surface area contributed by atoms with Gasteiger partial charge in [-0.3, -0.25) is 0 Å². The molecule has 1 N–H and O–H groups in total. The van der Waals surface area contributed by atoms with Crippen molar-refractivity contribution < 1.29 is 4.74 Å². The zero-order chi connectivity index (χ0) is 11.8. The monoisotopic (exact) mass is 219 g/mol. The van der Waals surface area contributed by atoms with Crippen LogP contribution in [0.4, 0.5) is 5.82 Å². The van der Waals surface area contributed by atoms with E-state index in [1.807, 2.05) is 0 Å². The molecule has 1 rings (SSSR count). The van der Waals surface area contributed by atoms with Gasteiger partial charge in [-0.2, -0.15) is 5.26 Å². The standard InChI is InChI=1S/C12H17N3O/c1-10(2)9-16-7-6-15-12-11(8-13)4-3-5-14-12/h3-5,10H,6-7,9H2,1-2H3,(H,14,15). The summed E-state index contributed by atoms with van der Waals surface area (Å²) >= 11 is 0. The van der Waals surface area contributed by atoms with Crippen LogP contribution in [0.3, 0.4) is 0 Å². The molecule has 0 aliphatic carbocycles. The summed E-state index contributed by atoms with van der Waals surface area (Å²) in [6.07, 6.45) is 1.66. The molecule has 0 saturated heterocycles. The number of nitrogens with zero attached hydrogens (tertiary/aromatic N) is 2. The van der Waals surface area contributed by atoms with Crippen LogP contribution in [-0.2, 0) is 4.74 Å². The van der Waals surface area contributed by atoms with Crippen LogP contribution in [-0.4, -0.2) is 24.7 Å². The molecular weight excluding hydrogens is 202 g/mol. The summed E-state index contributed by atoms with van der Waals surface area (Å²) in [4.78, 5) is 4.09. The van der Waals surface area contributed by atoms with Gasteiger partial charge in [0.15, 0.2) is 0 Å². The number of anilines is 1. The van der Waals surface area contributed by atoms with Crippen LogP contribution in [0.2, 0.25) is 0 Å². The number of nitrogens with one attached hydrogen (secondary N) is 1. The molecule has 0 aliphatic heterocycles. The summed E-state index contributed by atoms with van der Waals surface area (Å²) in [5, 5.41) is 11.9. The zero-order valence-electron chi connectivity index (χ0n) is 9.73. The molecule has 0 aromatic carbocycles. The maximum atomic E-state index is 8.83. The average Bonchev–Trinajstić information content (AvgIpc) is 2.29. The van der Waals surface area contributed by atoms with Crippen molar-refractivity contribution in [3.8, 4) is 6.07 Å². The van der Waals surface area contributed by atoms with E-state index in [0.717, 1.165) is 6.61 Å². The van der Waals surface area contributed by atoms with Gasteiger partial charge in [-0.05, 0) is 18.1 Å². The van der Waals surface area contributed by atoms with E-state index >= 15 is 0 Å². The number of pyridine rings is 1. The minimum atomic E-state index is 0.546. The Morgan fingerprint density at radius 3 is 3.06 bits per heavy atom. The normalized spacial score (nSPS) is 10.1. The first-order chi connectivity index (χ1) is 7.74. The predicted molar refractivity (Wildman–Crippen MR) is 63.1 cm³/mol. The number of hydrogen-bond acceptors (Lipinski definition) is 4. The van der Waals surface area contributed by atoms with E-state index in [-0.39, 0.29) is 0 Å². The molecule has 16 heavy (non-hydrogen) atoms. The second-order valence-electron chi connectivity index (χ2n) is 3.91. The molecule has 1 aromatic rings. The maximum absolute atomic E-state index is 8.83. The van der Waals surface area contributed by atoms with Crippen LogP contribution in [0.15, 0.2) is 18.3 Å². The van der Waals surface area contributed by atoms with Crippen molar-refractivity contribution in [2.75, 3.05) is 25.1 Å². The Morgan fingerprint density at radius 2 is 2.38 bits per heavy atom. The second kappa shape index (κ2) is 6.81. The number of ether oxygens (including phenoxy) is 1. The van der Waals surface area contributed by atoms with Crippen LogP contribution >= 0.6 is 0 Å². The van der Waals surface area contributed by atoms with E-state index in [4.69, 9.17) is 10.00 Å². The zero-order valence-corrected chi connectivity index (χ0v) is 9.73. The minimum Gasteiger partial charge on any atom is -0.379 e. The van der Waals surface area contributed by atoms with Crippen LogP contribution in [0.5, 0.6) is 0 Å². The Morgan fingerprint density at radius 1 is 1.56 bits per heavy atom. The molecule has 0 amide bonds. The number of nitriles is 1. The fourth-order valence-corrected chi connectivity index (χ4v) is 1.20. The van der Waals surface area contributed by atoms with E-state index in [0.29, 0.717) is 30.5 Å². The van der Waals surface area contributed by atoms with Gasteiger partial charge in [-0.15, -0.1) is 0 Å². The van der Waals surface area contributed by atoms with Crippen molar-refractivity contribution in [3.63, 3.8) is 0 Å². The molecule has 0 aliphatic rings. The van der Waals surface area contributed by atoms with Crippen LogP contribution in [0.25, 0.3) is 0 Å². The van der Waals surface area contributed by atoms with E-state index in [1.54, 1.807) is 18.3 Å². The Kier molecular flexibility index (Phi) is 5.30. The summed E-state index contributed by atoms with van der Waals surface area (Å²) in [6, 6.07) is 5.58. The third-order valence-corrected chi connectivity index (χ3v) is 1.92. The SMILES string of the molecule is CC(C)COCCNc1ncccc1C#N. The number of hydrogen-bond donors (Lipinski definition) is 1. The highest BCUT2D eigenvalue weighted by molar-refractivity contribution is 5.50. The van der Waals surface area contributed by atoms with Crippen molar-refractivity contribution in [2.45, 2.75) is 13.8 Å². The van der Waals surface area contributed by atoms with E-state index in [2.05, 4.69) is 30.2 Å². The van der Waals surface area contributed by atoms with Crippen LogP contribution < -0.4 is 5.32 Å². The van der Waals surface area contributed by atoms with Crippen molar-refractivity contribution in [3.05, 3.63) is 23.9 Å². The molecule has 1 heterocycles. The summed E-state index contributed by atoms with van der Waals surface area (Å²) in [5.74, 6) is 1.17. The fraction of sp³-hybridized carbons (Fsp3) is 0.500. The third kappa shape index (κ3) is 4.28. The molecule has 0 unspecified atom stereocenters. The average molecular weight is 219 g/mol. The molecule has 0 spiro atoms. The fourth-order valence-electron chi connectivity index (χ4n) is 1.20. The highest BCUT2D eigenvalue weighted by Gasteiger charge is 2.00. The Labute approximate surface area is 96.3 Å². The molecular formula is C12H17N3O. The summed E-state index contributed by atoms with van der Waals surface area (Å²) < 4.78 is 5.42. The Bertz CT molecular complexity index is 358. The first kappa shape index (κ1) is 12.5. The van der Waals surface area contributed by atoms with Gasteiger partial charge in [0, 0.05) is 19.3 Å². The van der Waals surface area contributed by atoms with Crippen molar-refractivity contribution >= 4 is 5.82 Å². The van der Waals surface area contributed by atoms with Gasteiger partial charge in [0.2, 0.25) is 0 Å². The predicted octanol–water partition coefficient (Wildman–Crippen LogP) is 2.04. The first-order valence-electron chi connectivity index (χ1n) is 5.40.